The number of rotatable bonds is 4. The summed E-state index contributed by atoms with van der Waals surface area (Å²) in [5.41, 5.74) is 2.34. The average Bonchev–Trinajstić information content (AvgIpc) is 2.88. The third-order valence-corrected chi connectivity index (χ3v) is 4.60. The molecule has 2 aromatic rings. The van der Waals surface area contributed by atoms with Crippen molar-refractivity contribution in [3.63, 3.8) is 0 Å². The number of thioether (sulfide) groups is 1. The second kappa shape index (κ2) is 6.35. The molecule has 0 aromatic heterocycles. The standard InChI is InChI=1S/C15H11N3O3S2/c19-14-9-23-15(22)17(14)12-5-1-10(2-6-12)16-11-3-7-13(8-4-11)18(20)21/h1-8,16H,9H2. The van der Waals surface area contributed by atoms with Crippen LogP contribution in [-0.2, 0) is 4.79 Å². The van der Waals surface area contributed by atoms with Gasteiger partial charge in [0.05, 0.1) is 16.4 Å². The van der Waals surface area contributed by atoms with Crippen LogP contribution < -0.4 is 10.2 Å². The van der Waals surface area contributed by atoms with E-state index in [-0.39, 0.29) is 11.6 Å². The van der Waals surface area contributed by atoms with Gasteiger partial charge in [0, 0.05) is 23.5 Å². The van der Waals surface area contributed by atoms with Crippen molar-refractivity contribution in [1.82, 2.24) is 0 Å². The van der Waals surface area contributed by atoms with E-state index < -0.39 is 4.92 Å². The molecule has 1 amide bonds. The highest BCUT2D eigenvalue weighted by Gasteiger charge is 2.27. The van der Waals surface area contributed by atoms with Crippen molar-refractivity contribution in [1.29, 1.82) is 0 Å². The molecule has 0 atom stereocenters. The zero-order chi connectivity index (χ0) is 16.4. The Labute approximate surface area is 141 Å². The Morgan fingerprint density at radius 1 is 1.09 bits per heavy atom. The summed E-state index contributed by atoms with van der Waals surface area (Å²) in [5.74, 6) is 0.359. The molecular weight excluding hydrogens is 334 g/mol. The summed E-state index contributed by atoms with van der Waals surface area (Å²) in [5, 5.41) is 13.8. The number of amides is 1. The third kappa shape index (κ3) is 3.33. The van der Waals surface area contributed by atoms with E-state index in [0.29, 0.717) is 10.1 Å². The maximum Gasteiger partial charge on any atom is 0.269 e. The van der Waals surface area contributed by atoms with Gasteiger partial charge in [0.2, 0.25) is 5.91 Å². The molecule has 6 nitrogen and oxygen atoms in total. The predicted molar refractivity (Wildman–Crippen MR) is 95.4 cm³/mol. The molecule has 0 aliphatic carbocycles. The van der Waals surface area contributed by atoms with E-state index in [1.54, 1.807) is 12.1 Å². The molecule has 3 rings (SSSR count). The van der Waals surface area contributed by atoms with E-state index in [4.69, 9.17) is 12.2 Å². The first-order chi connectivity index (χ1) is 11.0. The molecule has 1 aliphatic heterocycles. The van der Waals surface area contributed by atoms with Crippen LogP contribution in [0, 0.1) is 10.1 Å². The summed E-state index contributed by atoms with van der Waals surface area (Å²) in [7, 11) is 0. The zero-order valence-electron chi connectivity index (χ0n) is 11.8. The van der Waals surface area contributed by atoms with Crippen LogP contribution >= 0.6 is 24.0 Å². The number of nitrogens with one attached hydrogen (secondary N) is 1. The van der Waals surface area contributed by atoms with E-state index in [2.05, 4.69) is 5.32 Å². The number of non-ortho nitro benzene ring substituents is 1. The first-order valence-electron chi connectivity index (χ1n) is 6.66. The minimum absolute atomic E-state index is 0.0175. The van der Waals surface area contributed by atoms with E-state index in [9.17, 15) is 14.9 Å². The van der Waals surface area contributed by atoms with E-state index in [1.165, 1.54) is 28.8 Å². The highest BCUT2D eigenvalue weighted by atomic mass is 32.2. The van der Waals surface area contributed by atoms with Gasteiger partial charge >= 0.3 is 0 Å². The normalized spacial score (nSPS) is 14.2. The van der Waals surface area contributed by atoms with Crippen molar-refractivity contribution in [2.75, 3.05) is 16.0 Å². The number of hydrogen-bond acceptors (Lipinski definition) is 6. The number of hydrogen-bond donors (Lipinski definition) is 1. The minimum Gasteiger partial charge on any atom is -0.356 e. The third-order valence-electron chi connectivity index (χ3n) is 3.24. The van der Waals surface area contributed by atoms with Crippen LogP contribution in [0.3, 0.4) is 0 Å². The van der Waals surface area contributed by atoms with Crippen molar-refractivity contribution in [3.8, 4) is 0 Å². The molecule has 1 saturated heterocycles. The summed E-state index contributed by atoms with van der Waals surface area (Å²) < 4.78 is 0.561. The molecule has 1 fully saturated rings. The van der Waals surface area contributed by atoms with Crippen molar-refractivity contribution in [2.24, 2.45) is 0 Å². The molecule has 1 N–H and O–H groups in total. The molecule has 0 unspecified atom stereocenters. The monoisotopic (exact) mass is 345 g/mol. The number of nitrogens with zero attached hydrogens (tertiary/aromatic N) is 2. The number of nitro groups is 1. The number of carbonyl (C=O) groups excluding carboxylic acids is 1. The molecule has 1 aliphatic rings. The number of nitro benzene ring substituents is 1. The maximum atomic E-state index is 11.8. The van der Waals surface area contributed by atoms with Crippen molar-refractivity contribution in [2.45, 2.75) is 0 Å². The smallest absolute Gasteiger partial charge is 0.269 e. The summed E-state index contributed by atoms with van der Waals surface area (Å²) in [6.45, 7) is 0. The Morgan fingerprint density at radius 3 is 2.13 bits per heavy atom. The van der Waals surface area contributed by atoms with Crippen LogP contribution in [0.15, 0.2) is 48.5 Å². The minimum atomic E-state index is -0.438. The molecule has 0 spiro atoms. The number of anilines is 3. The first-order valence-corrected chi connectivity index (χ1v) is 8.05. The molecule has 116 valence electrons. The van der Waals surface area contributed by atoms with Crippen LogP contribution in [0.5, 0.6) is 0 Å². The van der Waals surface area contributed by atoms with Crippen molar-refractivity contribution < 1.29 is 9.72 Å². The Morgan fingerprint density at radius 2 is 1.65 bits per heavy atom. The van der Waals surface area contributed by atoms with Gasteiger partial charge in [-0.25, -0.2) is 0 Å². The van der Waals surface area contributed by atoms with Crippen molar-refractivity contribution >= 4 is 57.0 Å². The fraction of sp³-hybridized carbons (Fsp3) is 0.0667. The zero-order valence-corrected chi connectivity index (χ0v) is 13.4. The molecule has 0 radical (unpaired) electrons. The summed E-state index contributed by atoms with van der Waals surface area (Å²) in [4.78, 5) is 23.5. The lowest BCUT2D eigenvalue weighted by atomic mass is 10.2. The quantitative estimate of drug-likeness (QED) is 0.517. The second-order valence-corrected chi connectivity index (χ2v) is 6.37. The Hall–Kier alpha value is -2.45. The van der Waals surface area contributed by atoms with Gasteiger partial charge in [-0.15, -0.1) is 0 Å². The lowest BCUT2D eigenvalue weighted by Gasteiger charge is -2.15. The maximum absolute atomic E-state index is 11.8. The molecule has 23 heavy (non-hydrogen) atoms. The predicted octanol–water partition coefficient (Wildman–Crippen LogP) is 3.70. The molecule has 0 bridgehead atoms. The lowest BCUT2D eigenvalue weighted by Crippen LogP contribution is -2.27. The topological polar surface area (TPSA) is 75.5 Å². The largest absolute Gasteiger partial charge is 0.356 e. The highest BCUT2D eigenvalue weighted by Crippen LogP contribution is 2.28. The summed E-state index contributed by atoms with van der Waals surface area (Å²) in [6, 6.07) is 13.4. The van der Waals surface area contributed by atoms with Gasteiger partial charge in [0.25, 0.3) is 5.69 Å². The average molecular weight is 345 g/mol. The molecule has 0 saturated carbocycles. The molecule has 2 aromatic carbocycles. The van der Waals surface area contributed by atoms with Crippen LogP contribution in [-0.4, -0.2) is 20.9 Å². The van der Waals surface area contributed by atoms with Gasteiger partial charge in [-0.2, -0.15) is 0 Å². The van der Waals surface area contributed by atoms with Crippen molar-refractivity contribution in [3.05, 3.63) is 58.6 Å². The summed E-state index contributed by atoms with van der Waals surface area (Å²) >= 11 is 6.52. The number of benzene rings is 2. The fourth-order valence-electron chi connectivity index (χ4n) is 2.13. The van der Waals surface area contributed by atoms with Crippen LogP contribution in [0.25, 0.3) is 0 Å². The van der Waals surface area contributed by atoms with E-state index in [1.807, 2.05) is 24.3 Å². The van der Waals surface area contributed by atoms with Crippen LogP contribution in [0.4, 0.5) is 22.7 Å². The first kappa shape index (κ1) is 15.4. The number of thiocarbonyl (C=S) groups is 1. The van der Waals surface area contributed by atoms with Gasteiger partial charge in [-0.1, -0.05) is 24.0 Å². The highest BCUT2D eigenvalue weighted by molar-refractivity contribution is 8.24. The Balaban J connectivity index is 1.73. The van der Waals surface area contributed by atoms with Crippen LogP contribution in [0.2, 0.25) is 0 Å². The molecule has 1 heterocycles. The fourth-order valence-corrected chi connectivity index (χ4v) is 3.23. The second-order valence-electron chi connectivity index (χ2n) is 4.76. The van der Waals surface area contributed by atoms with Crippen LogP contribution in [0.1, 0.15) is 0 Å². The Bertz CT molecular complexity index is 760. The van der Waals surface area contributed by atoms with Gasteiger partial charge < -0.3 is 5.32 Å². The Kier molecular flexibility index (Phi) is 4.26. The van der Waals surface area contributed by atoms with Gasteiger partial charge in [0.1, 0.15) is 4.32 Å². The lowest BCUT2D eigenvalue weighted by molar-refractivity contribution is -0.384. The SMILES string of the molecule is O=C1CSC(=S)N1c1ccc(Nc2ccc([N+](=O)[O-])cc2)cc1. The molecular formula is C15H11N3O3S2. The van der Waals surface area contributed by atoms with E-state index >= 15 is 0 Å². The van der Waals surface area contributed by atoms with Gasteiger partial charge in [-0.3, -0.25) is 19.8 Å². The molecule has 8 heteroatoms. The number of carbonyl (C=O) groups is 1. The summed E-state index contributed by atoms with van der Waals surface area (Å²) in [6.07, 6.45) is 0. The van der Waals surface area contributed by atoms with Gasteiger partial charge in [-0.05, 0) is 36.4 Å². The van der Waals surface area contributed by atoms with E-state index in [0.717, 1.165) is 17.1 Å². The van der Waals surface area contributed by atoms with Gasteiger partial charge in [0.15, 0.2) is 0 Å².